The van der Waals surface area contributed by atoms with E-state index < -0.39 is 0 Å². The summed E-state index contributed by atoms with van der Waals surface area (Å²) in [5.74, 6) is 1.15. The van der Waals surface area contributed by atoms with Crippen LogP contribution in [-0.2, 0) is 11.3 Å². The molecule has 0 saturated heterocycles. The highest BCUT2D eigenvalue weighted by molar-refractivity contribution is 7.20. The van der Waals surface area contributed by atoms with Gasteiger partial charge in [0.25, 0.3) is 0 Å². The van der Waals surface area contributed by atoms with E-state index in [0.717, 1.165) is 32.3 Å². The summed E-state index contributed by atoms with van der Waals surface area (Å²) in [4.78, 5) is 29.0. The lowest BCUT2D eigenvalue weighted by molar-refractivity contribution is 0.0605. The predicted octanol–water partition coefficient (Wildman–Crippen LogP) is 3.50. The Balaban J connectivity index is 2.09. The number of fused-ring (bicyclic) bond motifs is 1. The molecule has 3 aromatic rings. The van der Waals surface area contributed by atoms with Gasteiger partial charge in [-0.3, -0.25) is 0 Å². The SMILES string of the molecule is COC(=O)c1sc2nc(C)nc(N(C)Cc3csc(C)n3)c2c1C. The van der Waals surface area contributed by atoms with Crippen molar-refractivity contribution in [2.45, 2.75) is 27.3 Å². The molecule has 0 saturated carbocycles. The van der Waals surface area contributed by atoms with Crippen molar-refractivity contribution < 1.29 is 9.53 Å². The smallest absolute Gasteiger partial charge is 0.348 e. The van der Waals surface area contributed by atoms with Gasteiger partial charge < -0.3 is 9.64 Å². The van der Waals surface area contributed by atoms with Crippen LogP contribution in [0.4, 0.5) is 5.82 Å². The summed E-state index contributed by atoms with van der Waals surface area (Å²) in [6, 6.07) is 0. The van der Waals surface area contributed by atoms with Crippen LogP contribution in [-0.4, -0.2) is 35.1 Å². The number of carbonyl (C=O) groups excluding carboxylic acids is 1. The van der Waals surface area contributed by atoms with Crippen molar-refractivity contribution in [2.24, 2.45) is 0 Å². The van der Waals surface area contributed by atoms with E-state index in [2.05, 4.69) is 20.3 Å². The number of anilines is 1. The number of ether oxygens (including phenoxy) is 1. The summed E-state index contributed by atoms with van der Waals surface area (Å²) in [5, 5.41) is 4.00. The Bertz CT molecular complexity index is 916. The minimum absolute atomic E-state index is 0.336. The van der Waals surface area contributed by atoms with E-state index in [1.165, 1.54) is 18.4 Å². The van der Waals surface area contributed by atoms with Gasteiger partial charge in [-0.2, -0.15) is 0 Å². The van der Waals surface area contributed by atoms with Crippen LogP contribution in [0.1, 0.15) is 31.8 Å². The van der Waals surface area contributed by atoms with Crippen molar-refractivity contribution in [2.75, 3.05) is 19.1 Å². The van der Waals surface area contributed by atoms with Crippen LogP contribution in [0.5, 0.6) is 0 Å². The van der Waals surface area contributed by atoms with Crippen molar-refractivity contribution in [3.63, 3.8) is 0 Å². The van der Waals surface area contributed by atoms with E-state index in [1.807, 2.05) is 32.7 Å². The molecule has 0 aromatic carbocycles. The first-order valence-corrected chi connectivity index (χ1v) is 9.08. The average Bonchev–Trinajstić information content (AvgIpc) is 3.09. The molecule has 6 nitrogen and oxygen atoms in total. The number of hydrogen-bond acceptors (Lipinski definition) is 8. The monoisotopic (exact) mass is 362 g/mol. The van der Waals surface area contributed by atoms with Crippen LogP contribution in [0.15, 0.2) is 5.38 Å². The van der Waals surface area contributed by atoms with Crippen LogP contribution >= 0.6 is 22.7 Å². The van der Waals surface area contributed by atoms with Gasteiger partial charge in [0.2, 0.25) is 0 Å². The maximum atomic E-state index is 12.0. The zero-order valence-electron chi connectivity index (χ0n) is 14.2. The van der Waals surface area contributed by atoms with Crippen LogP contribution in [0.25, 0.3) is 10.2 Å². The fourth-order valence-electron chi connectivity index (χ4n) is 2.58. The van der Waals surface area contributed by atoms with E-state index in [1.54, 1.807) is 11.3 Å². The van der Waals surface area contributed by atoms with Crippen molar-refractivity contribution in [1.82, 2.24) is 15.0 Å². The molecule has 0 aliphatic rings. The van der Waals surface area contributed by atoms with Crippen molar-refractivity contribution in [3.05, 3.63) is 32.3 Å². The van der Waals surface area contributed by atoms with Crippen LogP contribution in [0, 0.1) is 20.8 Å². The third-order valence-electron chi connectivity index (χ3n) is 3.68. The minimum atomic E-state index is -0.336. The molecule has 0 radical (unpaired) electrons. The normalized spacial score (nSPS) is 11.0. The number of thiazole rings is 1. The number of aryl methyl sites for hydroxylation is 3. The molecule has 0 aliphatic heterocycles. The Hall–Kier alpha value is -2.06. The third-order valence-corrected chi connectivity index (χ3v) is 5.67. The van der Waals surface area contributed by atoms with Gasteiger partial charge in [-0.05, 0) is 26.3 Å². The van der Waals surface area contributed by atoms with E-state index in [9.17, 15) is 4.79 Å². The first-order chi connectivity index (χ1) is 11.4. The molecular formula is C16H18N4O2S2. The first kappa shape index (κ1) is 16.8. The Morgan fingerprint density at radius 2 is 2.00 bits per heavy atom. The molecule has 3 heterocycles. The molecule has 0 aliphatic carbocycles. The zero-order valence-corrected chi connectivity index (χ0v) is 15.8. The lowest BCUT2D eigenvalue weighted by Gasteiger charge is -2.18. The van der Waals surface area contributed by atoms with Crippen molar-refractivity contribution >= 4 is 44.7 Å². The Labute approximate surface area is 148 Å². The number of carbonyl (C=O) groups is 1. The molecule has 0 N–H and O–H groups in total. The highest BCUT2D eigenvalue weighted by Crippen LogP contribution is 2.35. The standard InChI is InChI=1S/C16H18N4O2S2/c1-8-12-14(20(4)6-11-7-23-10(3)19-11)17-9(2)18-15(12)24-13(8)16(21)22-5/h7H,6H2,1-5H3. The van der Waals surface area contributed by atoms with Gasteiger partial charge in [-0.25, -0.2) is 19.7 Å². The van der Waals surface area contributed by atoms with E-state index in [0.29, 0.717) is 17.2 Å². The molecule has 0 amide bonds. The Kier molecular flexibility index (Phi) is 4.51. The highest BCUT2D eigenvalue weighted by Gasteiger charge is 2.22. The molecule has 0 spiro atoms. The highest BCUT2D eigenvalue weighted by atomic mass is 32.1. The van der Waals surface area contributed by atoms with Gasteiger partial charge >= 0.3 is 5.97 Å². The molecule has 0 fully saturated rings. The topological polar surface area (TPSA) is 68.2 Å². The lowest BCUT2D eigenvalue weighted by atomic mass is 10.2. The number of methoxy groups -OCH3 is 1. The second-order valence-corrected chi connectivity index (χ2v) is 7.60. The number of esters is 1. The molecule has 3 rings (SSSR count). The molecular weight excluding hydrogens is 344 g/mol. The van der Waals surface area contributed by atoms with Gasteiger partial charge in [-0.15, -0.1) is 22.7 Å². The van der Waals surface area contributed by atoms with Gasteiger partial charge in [0, 0.05) is 12.4 Å². The van der Waals surface area contributed by atoms with Crippen molar-refractivity contribution in [1.29, 1.82) is 0 Å². The molecule has 0 bridgehead atoms. The summed E-state index contributed by atoms with van der Waals surface area (Å²) < 4.78 is 4.88. The van der Waals surface area contributed by atoms with E-state index in [-0.39, 0.29) is 5.97 Å². The number of rotatable bonds is 4. The average molecular weight is 362 g/mol. The molecule has 0 atom stereocenters. The summed E-state index contributed by atoms with van der Waals surface area (Å²) >= 11 is 2.98. The largest absolute Gasteiger partial charge is 0.465 e. The number of aromatic nitrogens is 3. The van der Waals surface area contributed by atoms with Gasteiger partial charge in [0.15, 0.2) is 0 Å². The predicted molar refractivity (Wildman–Crippen MR) is 97.2 cm³/mol. The second-order valence-electron chi connectivity index (χ2n) is 5.54. The quantitative estimate of drug-likeness (QED) is 0.662. The maximum Gasteiger partial charge on any atom is 0.348 e. The number of thiophene rings is 1. The maximum absolute atomic E-state index is 12.0. The molecule has 0 unspecified atom stereocenters. The van der Waals surface area contributed by atoms with Crippen molar-refractivity contribution in [3.8, 4) is 0 Å². The summed E-state index contributed by atoms with van der Waals surface area (Å²) in [6.45, 7) is 6.41. The van der Waals surface area contributed by atoms with Gasteiger partial charge in [-0.1, -0.05) is 0 Å². The second kappa shape index (κ2) is 6.45. The lowest BCUT2D eigenvalue weighted by Crippen LogP contribution is -2.19. The summed E-state index contributed by atoms with van der Waals surface area (Å²) in [5.41, 5.74) is 1.86. The molecule has 126 valence electrons. The van der Waals surface area contributed by atoms with E-state index in [4.69, 9.17) is 4.74 Å². The van der Waals surface area contributed by atoms with Crippen LogP contribution in [0.3, 0.4) is 0 Å². The Morgan fingerprint density at radius 3 is 2.62 bits per heavy atom. The fourth-order valence-corrected chi connectivity index (χ4v) is 4.33. The van der Waals surface area contributed by atoms with Gasteiger partial charge in [0.05, 0.1) is 29.7 Å². The molecule has 8 heteroatoms. The summed E-state index contributed by atoms with van der Waals surface area (Å²) in [6.07, 6.45) is 0. The number of nitrogens with zero attached hydrogens (tertiary/aromatic N) is 4. The van der Waals surface area contributed by atoms with Crippen LogP contribution in [0.2, 0.25) is 0 Å². The fraction of sp³-hybridized carbons (Fsp3) is 0.375. The van der Waals surface area contributed by atoms with Gasteiger partial charge in [0.1, 0.15) is 21.3 Å². The molecule has 3 aromatic heterocycles. The zero-order chi connectivity index (χ0) is 17.4. The third kappa shape index (κ3) is 2.99. The molecule has 24 heavy (non-hydrogen) atoms. The summed E-state index contributed by atoms with van der Waals surface area (Å²) in [7, 11) is 3.37. The van der Waals surface area contributed by atoms with E-state index >= 15 is 0 Å². The minimum Gasteiger partial charge on any atom is -0.465 e. The first-order valence-electron chi connectivity index (χ1n) is 7.39. The van der Waals surface area contributed by atoms with Crippen LogP contribution < -0.4 is 4.90 Å². The Morgan fingerprint density at radius 1 is 1.25 bits per heavy atom. The number of hydrogen-bond donors (Lipinski definition) is 0.